The zero-order valence-corrected chi connectivity index (χ0v) is 20.5. The van der Waals surface area contributed by atoms with Crippen molar-refractivity contribution in [2.45, 2.75) is 40.0 Å². The number of halogens is 1. The predicted molar refractivity (Wildman–Crippen MR) is 134 cm³/mol. The lowest BCUT2D eigenvalue weighted by Gasteiger charge is -2.15. The van der Waals surface area contributed by atoms with Crippen molar-refractivity contribution < 1.29 is 14.1 Å². The molecule has 2 aromatic heterocycles. The normalized spacial score (nSPS) is 11.8. The molecular formula is C26H26ClN5O3. The van der Waals surface area contributed by atoms with Gasteiger partial charge in [0.2, 0.25) is 0 Å². The van der Waals surface area contributed by atoms with E-state index in [0.717, 1.165) is 28.1 Å². The van der Waals surface area contributed by atoms with Gasteiger partial charge in [-0.05, 0) is 32.4 Å². The van der Waals surface area contributed by atoms with E-state index in [1.165, 1.54) is 0 Å². The van der Waals surface area contributed by atoms with Crippen molar-refractivity contribution in [3.8, 4) is 11.3 Å². The van der Waals surface area contributed by atoms with Gasteiger partial charge in [0.1, 0.15) is 17.5 Å². The average Bonchev–Trinajstić information content (AvgIpc) is 3.20. The number of amides is 1. The second-order valence-corrected chi connectivity index (χ2v) is 8.52. The number of anilines is 1. The van der Waals surface area contributed by atoms with Crippen LogP contribution in [0.5, 0.6) is 0 Å². The fraction of sp³-hybridized carbons (Fsp3) is 0.231. The lowest BCUT2D eigenvalue weighted by Crippen LogP contribution is -2.17. The Bertz CT molecular complexity index is 1290. The standard InChI is InChI=1S/C26H26ClN5O3/c1-16-12-30-21(15-29-16)14-28-13-19-8-10-20(11-9-19)25-24(17(2)32-35-25)31-26(33)34-18(3)22-6-4-5-7-23(22)27/h4-12,15,18,28H,13-14H2,1-3H3,(H,31,33). The first-order valence-corrected chi connectivity index (χ1v) is 11.5. The Morgan fingerprint density at radius 3 is 2.54 bits per heavy atom. The van der Waals surface area contributed by atoms with Crippen molar-refractivity contribution in [2.75, 3.05) is 5.32 Å². The smallest absolute Gasteiger partial charge is 0.412 e. The fourth-order valence-corrected chi connectivity index (χ4v) is 3.78. The molecule has 0 bridgehead atoms. The second-order valence-electron chi connectivity index (χ2n) is 8.12. The Kier molecular flexibility index (Phi) is 7.74. The highest BCUT2D eigenvalue weighted by molar-refractivity contribution is 6.31. The quantitative estimate of drug-likeness (QED) is 0.311. The van der Waals surface area contributed by atoms with E-state index in [9.17, 15) is 4.79 Å². The number of benzene rings is 2. The average molecular weight is 492 g/mol. The number of carbonyl (C=O) groups excluding carboxylic acids is 1. The highest BCUT2D eigenvalue weighted by Gasteiger charge is 2.20. The van der Waals surface area contributed by atoms with Crippen molar-refractivity contribution in [1.82, 2.24) is 20.4 Å². The van der Waals surface area contributed by atoms with Crippen LogP contribution in [-0.4, -0.2) is 21.2 Å². The number of nitrogens with one attached hydrogen (secondary N) is 2. The molecular weight excluding hydrogens is 466 g/mol. The minimum absolute atomic E-state index is 0.458. The predicted octanol–water partition coefficient (Wildman–Crippen LogP) is 6.00. The van der Waals surface area contributed by atoms with Gasteiger partial charge in [0, 0.05) is 41.6 Å². The van der Waals surface area contributed by atoms with Crippen molar-refractivity contribution in [1.29, 1.82) is 0 Å². The molecule has 0 aliphatic carbocycles. The number of hydrogen-bond acceptors (Lipinski definition) is 7. The third-order valence-electron chi connectivity index (χ3n) is 5.40. The Labute approximate surface area is 208 Å². The molecule has 0 aliphatic heterocycles. The van der Waals surface area contributed by atoms with E-state index in [2.05, 4.69) is 25.8 Å². The minimum Gasteiger partial charge on any atom is -0.441 e. The van der Waals surface area contributed by atoms with Gasteiger partial charge in [-0.15, -0.1) is 0 Å². The summed E-state index contributed by atoms with van der Waals surface area (Å²) in [5, 5.41) is 10.7. The van der Waals surface area contributed by atoms with E-state index in [1.54, 1.807) is 32.3 Å². The second kappa shape index (κ2) is 11.1. The summed E-state index contributed by atoms with van der Waals surface area (Å²) in [7, 11) is 0. The monoisotopic (exact) mass is 491 g/mol. The zero-order chi connectivity index (χ0) is 24.8. The van der Waals surface area contributed by atoms with Gasteiger partial charge in [0.15, 0.2) is 5.76 Å². The van der Waals surface area contributed by atoms with E-state index in [0.29, 0.717) is 35.3 Å². The van der Waals surface area contributed by atoms with E-state index in [4.69, 9.17) is 20.9 Å². The molecule has 2 aromatic carbocycles. The topological polar surface area (TPSA) is 102 Å². The molecule has 4 aromatic rings. The van der Waals surface area contributed by atoms with E-state index in [1.807, 2.05) is 49.4 Å². The van der Waals surface area contributed by atoms with Crippen LogP contribution in [0, 0.1) is 13.8 Å². The van der Waals surface area contributed by atoms with Crippen LogP contribution < -0.4 is 10.6 Å². The number of carbonyl (C=O) groups is 1. The van der Waals surface area contributed by atoms with E-state index in [-0.39, 0.29) is 0 Å². The zero-order valence-electron chi connectivity index (χ0n) is 19.7. The number of ether oxygens (including phenoxy) is 1. The molecule has 8 nitrogen and oxygen atoms in total. The van der Waals surface area contributed by atoms with E-state index < -0.39 is 12.2 Å². The maximum absolute atomic E-state index is 12.6. The molecule has 1 amide bonds. The van der Waals surface area contributed by atoms with Gasteiger partial charge in [-0.3, -0.25) is 15.3 Å². The first-order chi connectivity index (χ1) is 16.9. The highest BCUT2D eigenvalue weighted by atomic mass is 35.5. The van der Waals surface area contributed by atoms with Crippen LogP contribution in [0.3, 0.4) is 0 Å². The molecule has 35 heavy (non-hydrogen) atoms. The summed E-state index contributed by atoms with van der Waals surface area (Å²) in [6, 6.07) is 15.1. The van der Waals surface area contributed by atoms with Crippen molar-refractivity contribution in [2.24, 2.45) is 0 Å². The van der Waals surface area contributed by atoms with Gasteiger partial charge < -0.3 is 14.6 Å². The molecule has 9 heteroatoms. The maximum Gasteiger partial charge on any atom is 0.412 e. The fourth-order valence-electron chi connectivity index (χ4n) is 3.49. The van der Waals surface area contributed by atoms with Crippen molar-refractivity contribution in [3.05, 3.63) is 94.2 Å². The summed E-state index contributed by atoms with van der Waals surface area (Å²) < 4.78 is 11.0. The lowest BCUT2D eigenvalue weighted by atomic mass is 10.1. The summed E-state index contributed by atoms with van der Waals surface area (Å²) in [5.41, 5.74) is 5.39. The summed E-state index contributed by atoms with van der Waals surface area (Å²) in [5.74, 6) is 0.458. The van der Waals surface area contributed by atoms with Gasteiger partial charge in [-0.1, -0.05) is 59.2 Å². The number of aromatic nitrogens is 3. The summed E-state index contributed by atoms with van der Waals surface area (Å²) in [4.78, 5) is 21.2. The number of aryl methyl sites for hydroxylation is 2. The molecule has 0 fully saturated rings. The molecule has 1 atom stereocenters. The first kappa shape index (κ1) is 24.4. The number of hydrogen-bond donors (Lipinski definition) is 2. The third kappa shape index (κ3) is 6.23. The Morgan fingerprint density at radius 1 is 1.06 bits per heavy atom. The Balaban J connectivity index is 1.38. The summed E-state index contributed by atoms with van der Waals surface area (Å²) in [6.07, 6.45) is 2.38. The summed E-state index contributed by atoms with van der Waals surface area (Å²) in [6.45, 7) is 6.72. The highest BCUT2D eigenvalue weighted by Crippen LogP contribution is 2.32. The van der Waals surface area contributed by atoms with Crippen LogP contribution in [0.4, 0.5) is 10.5 Å². The van der Waals surface area contributed by atoms with Crippen molar-refractivity contribution >= 4 is 23.4 Å². The van der Waals surface area contributed by atoms with Crippen molar-refractivity contribution in [3.63, 3.8) is 0 Å². The molecule has 180 valence electrons. The molecule has 0 spiro atoms. The maximum atomic E-state index is 12.6. The van der Waals surface area contributed by atoms with E-state index >= 15 is 0 Å². The molecule has 2 heterocycles. The first-order valence-electron chi connectivity index (χ1n) is 11.2. The van der Waals surface area contributed by atoms with Crippen LogP contribution >= 0.6 is 11.6 Å². The van der Waals surface area contributed by atoms with Crippen LogP contribution in [0.15, 0.2) is 65.4 Å². The van der Waals surface area contributed by atoms with Gasteiger partial charge in [0.25, 0.3) is 0 Å². The number of rotatable bonds is 8. The molecule has 1 unspecified atom stereocenters. The third-order valence-corrected chi connectivity index (χ3v) is 5.75. The SMILES string of the molecule is Cc1cnc(CNCc2ccc(-c3onc(C)c3NC(=O)OC(C)c3ccccc3Cl)cc2)cn1. The molecule has 0 saturated carbocycles. The molecule has 2 N–H and O–H groups in total. The number of nitrogens with zero attached hydrogens (tertiary/aromatic N) is 3. The van der Waals surface area contributed by atoms with Gasteiger partial charge >= 0.3 is 6.09 Å². The minimum atomic E-state index is -0.620. The molecule has 4 rings (SSSR count). The molecule has 0 saturated heterocycles. The molecule has 0 radical (unpaired) electrons. The van der Waals surface area contributed by atoms with Crippen LogP contribution in [0.2, 0.25) is 5.02 Å². The van der Waals surface area contributed by atoms with Gasteiger partial charge in [-0.25, -0.2) is 4.79 Å². The van der Waals surface area contributed by atoms with Gasteiger partial charge in [0.05, 0.1) is 11.4 Å². The van der Waals surface area contributed by atoms with Crippen LogP contribution in [0.25, 0.3) is 11.3 Å². The lowest BCUT2D eigenvalue weighted by molar-refractivity contribution is 0.121. The Morgan fingerprint density at radius 2 is 1.83 bits per heavy atom. The largest absolute Gasteiger partial charge is 0.441 e. The van der Waals surface area contributed by atoms with Crippen LogP contribution in [0.1, 0.15) is 41.2 Å². The Hall–Kier alpha value is -3.75. The van der Waals surface area contributed by atoms with Crippen LogP contribution in [-0.2, 0) is 17.8 Å². The summed E-state index contributed by atoms with van der Waals surface area (Å²) >= 11 is 6.21. The van der Waals surface area contributed by atoms with Gasteiger partial charge in [-0.2, -0.15) is 0 Å². The molecule has 0 aliphatic rings.